The minimum absolute atomic E-state index is 0.339. The largest absolute Gasteiger partial charge is 0.374 e. The summed E-state index contributed by atoms with van der Waals surface area (Å²) in [5.41, 5.74) is 6.14. The number of nitrogens with two attached hydrogens (primary N) is 1. The maximum atomic E-state index is 11.2. The molecule has 1 rings (SSSR count). The van der Waals surface area contributed by atoms with Crippen LogP contribution in [0.4, 0.5) is 5.69 Å². The number of primary amides is 1. The number of nitrogens with one attached hydrogen (secondary N) is 1. The van der Waals surface area contributed by atoms with Crippen molar-refractivity contribution in [2.75, 3.05) is 17.3 Å². The number of rotatable bonds is 6. The summed E-state index contributed by atoms with van der Waals surface area (Å²) in [6, 6.07) is 6.91. The lowest BCUT2D eigenvalue weighted by Crippen LogP contribution is -2.35. The fourth-order valence-corrected chi connectivity index (χ4v) is 1.96. The molecule has 0 aliphatic rings. The summed E-state index contributed by atoms with van der Waals surface area (Å²) in [5.74, 6) is 0.551. The second kappa shape index (κ2) is 6.66. The van der Waals surface area contributed by atoms with Crippen molar-refractivity contribution in [2.45, 2.75) is 12.5 Å². The number of amides is 1. The third-order valence-electron chi connectivity index (χ3n) is 2.12. The predicted octanol–water partition coefficient (Wildman–Crippen LogP) is 2.36. The van der Waals surface area contributed by atoms with E-state index in [4.69, 9.17) is 17.3 Å². The summed E-state index contributed by atoms with van der Waals surface area (Å²) < 4.78 is 0. The summed E-state index contributed by atoms with van der Waals surface area (Å²) in [5, 5.41) is 3.72. The van der Waals surface area contributed by atoms with Crippen molar-refractivity contribution >= 4 is 35.0 Å². The lowest BCUT2D eigenvalue weighted by atomic mass is 10.2. The second-order valence-corrected chi connectivity index (χ2v) is 4.81. The zero-order valence-corrected chi connectivity index (χ0v) is 10.6. The molecule has 0 spiro atoms. The first-order valence-electron chi connectivity index (χ1n) is 4.94. The summed E-state index contributed by atoms with van der Waals surface area (Å²) in [4.78, 5) is 11.2. The van der Waals surface area contributed by atoms with E-state index >= 15 is 0 Å². The van der Waals surface area contributed by atoms with Gasteiger partial charge in [-0.1, -0.05) is 17.7 Å². The Morgan fingerprint density at radius 1 is 1.62 bits per heavy atom. The SMILES string of the molecule is CSCCC(Nc1cccc(Cl)c1)C(N)=O. The third kappa shape index (κ3) is 4.33. The van der Waals surface area contributed by atoms with Crippen LogP contribution in [0.3, 0.4) is 0 Å². The number of hydrogen-bond donors (Lipinski definition) is 2. The van der Waals surface area contributed by atoms with Crippen LogP contribution >= 0.6 is 23.4 Å². The van der Waals surface area contributed by atoms with E-state index in [1.807, 2.05) is 18.4 Å². The molecule has 0 aliphatic carbocycles. The van der Waals surface area contributed by atoms with Crippen LogP contribution in [-0.4, -0.2) is 24.0 Å². The molecule has 0 aromatic heterocycles. The highest BCUT2D eigenvalue weighted by Crippen LogP contribution is 2.16. The van der Waals surface area contributed by atoms with Crippen LogP contribution in [-0.2, 0) is 4.79 Å². The van der Waals surface area contributed by atoms with Crippen molar-refractivity contribution in [2.24, 2.45) is 5.73 Å². The minimum Gasteiger partial charge on any atom is -0.374 e. The van der Waals surface area contributed by atoms with Crippen molar-refractivity contribution in [1.29, 1.82) is 0 Å². The standard InChI is InChI=1S/C11H15ClN2OS/c1-16-6-5-10(11(13)15)14-9-4-2-3-8(12)7-9/h2-4,7,10,14H,5-6H2,1H3,(H2,13,15). The van der Waals surface area contributed by atoms with E-state index in [2.05, 4.69) is 5.32 Å². The Morgan fingerprint density at radius 2 is 2.38 bits per heavy atom. The molecule has 88 valence electrons. The summed E-state index contributed by atoms with van der Waals surface area (Å²) in [6.07, 6.45) is 2.71. The van der Waals surface area contributed by atoms with Crippen LogP contribution in [0.15, 0.2) is 24.3 Å². The second-order valence-electron chi connectivity index (χ2n) is 3.39. The number of carbonyl (C=O) groups excluding carboxylic acids is 1. The monoisotopic (exact) mass is 258 g/mol. The van der Waals surface area contributed by atoms with Gasteiger partial charge in [-0.3, -0.25) is 4.79 Å². The number of anilines is 1. The molecule has 1 aromatic carbocycles. The fourth-order valence-electron chi connectivity index (χ4n) is 1.30. The normalized spacial score (nSPS) is 12.1. The van der Waals surface area contributed by atoms with Crippen molar-refractivity contribution in [3.63, 3.8) is 0 Å². The molecule has 5 heteroatoms. The molecule has 0 radical (unpaired) electrons. The number of thioether (sulfide) groups is 1. The van der Waals surface area contributed by atoms with Crippen LogP contribution in [0.1, 0.15) is 6.42 Å². The van der Waals surface area contributed by atoms with Crippen LogP contribution in [0.2, 0.25) is 5.02 Å². The van der Waals surface area contributed by atoms with Gasteiger partial charge in [0, 0.05) is 10.7 Å². The lowest BCUT2D eigenvalue weighted by Gasteiger charge is -2.16. The van der Waals surface area contributed by atoms with Crippen LogP contribution < -0.4 is 11.1 Å². The maximum absolute atomic E-state index is 11.2. The first kappa shape index (κ1) is 13.2. The Morgan fingerprint density at radius 3 is 2.94 bits per heavy atom. The molecule has 3 nitrogen and oxygen atoms in total. The summed E-state index contributed by atoms with van der Waals surface area (Å²) >= 11 is 7.54. The first-order valence-corrected chi connectivity index (χ1v) is 6.71. The van der Waals surface area contributed by atoms with Gasteiger partial charge in [0.1, 0.15) is 6.04 Å². The van der Waals surface area contributed by atoms with E-state index in [1.165, 1.54) is 0 Å². The van der Waals surface area contributed by atoms with Gasteiger partial charge in [0.25, 0.3) is 0 Å². The average Bonchev–Trinajstić information content (AvgIpc) is 2.24. The van der Waals surface area contributed by atoms with Gasteiger partial charge in [-0.25, -0.2) is 0 Å². The number of benzene rings is 1. The topological polar surface area (TPSA) is 55.1 Å². The molecule has 0 saturated heterocycles. The van der Waals surface area contributed by atoms with Crippen molar-refractivity contribution in [3.05, 3.63) is 29.3 Å². The van der Waals surface area contributed by atoms with E-state index in [1.54, 1.807) is 23.9 Å². The van der Waals surface area contributed by atoms with Crippen molar-refractivity contribution in [1.82, 2.24) is 0 Å². The molecule has 16 heavy (non-hydrogen) atoms. The highest BCUT2D eigenvalue weighted by Gasteiger charge is 2.14. The van der Waals surface area contributed by atoms with Gasteiger partial charge in [-0.15, -0.1) is 0 Å². The fraction of sp³-hybridized carbons (Fsp3) is 0.364. The van der Waals surface area contributed by atoms with Crippen LogP contribution in [0, 0.1) is 0 Å². The van der Waals surface area contributed by atoms with Gasteiger partial charge >= 0.3 is 0 Å². The molecule has 0 bridgehead atoms. The first-order chi connectivity index (χ1) is 7.63. The molecule has 0 fully saturated rings. The van der Waals surface area contributed by atoms with Crippen LogP contribution in [0.5, 0.6) is 0 Å². The summed E-state index contributed by atoms with van der Waals surface area (Å²) in [6.45, 7) is 0. The van der Waals surface area contributed by atoms with Crippen molar-refractivity contribution < 1.29 is 4.79 Å². The van der Waals surface area contributed by atoms with Gasteiger partial charge in [0.2, 0.25) is 5.91 Å². The molecule has 1 amide bonds. The lowest BCUT2D eigenvalue weighted by molar-refractivity contribution is -0.118. The Kier molecular flexibility index (Phi) is 5.49. The molecular formula is C11H15ClN2OS. The van der Waals surface area contributed by atoms with Gasteiger partial charge in [0.15, 0.2) is 0 Å². The zero-order chi connectivity index (χ0) is 12.0. The predicted molar refractivity (Wildman–Crippen MR) is 71.1 cm³/mol. The quantitative estimate of drug-likeness (QED) is 0.824. The highest BCUT2D eigenvalue weighted by molar-refractivity contribution is 7.98. The van der Waals surface area contributed by atoms with Gasteiger partial charge in [-0.2, -0.15) is 11.8 Å². The van der Waals surface area contributed by atoms with E-state index in [-0.39, 0.29) is 11.9 Å². The van der Waals surface area contributed by atoms with Gasteiger partial charge in [-0.05, 0) is 36.6 Å². The minimum atomic E-state index is -0.342. The number of hydrogen-bond acceptors (Lipinski definition) is 3. The Hall–Kier alpha value is -0.870. The zero-order valence-electron chi connectivity index (χ0n) is 9.07. The maximum Gasteiger partial charge on any atom is 0.239 e. The molecule has 0 heterocycles. The Balaban J connectivity index is 2.64. The van der Waals surface area contributed by atoms with Crippen molar-refractivity contribution in [3.8, 4) is 0 Å². The average molecular weight is 259 g/mol. The highest BCUT2D eigenvalue weighted by atomic mass is 35.5. The van der Waals surface area contributed by atoms with E-state index in [9.17, 15) is 4.79 Å². The molecule has 1 aromatic rings. The smallest absolute Gasteiger partial charge is 0.239 e. The molecule has 1 atom stereocenters. The molecule has 0 saturated carbocycles. The number of halogens is 1. The van der Waals surface area contributed by atoms with E-state index < -0.39 is 0 Å². The summed E-state index contributed by atoms with van der Waals surface area (Å²) in [7, 11) is 0. The van der Waals surface area contributed by atoms with E-state index in [0.29, 0.717) is 11.4 Å². The van der Waals surface area contributed by atoms with Gasteiger partial charge < -0.3 is 11.1 Å². The van der Waals surface area contributed by atoms with Crippen LogP contribution in [0.25, 0.3) is 0 Å². The molecule has 0 aliphatic heterocycles. The molecule has 3 N–H and O–H groups in total. The molecule has 1 unspecified atom stereocenters. The van der Waals surface area contributed by atoms with Gasteiger partial charge in [0.05, 0.1) is 0 Å². The Labute approximate surface area is 105 Å². The van der Waals surface area contributed by atoms with E-state index in [0.717, 1.165) is 11.4 Å². The Bertz CT molecular complexity index is 360. The third-order valence-corrected chi connectivity index (χ3v) is 3.00. The number of carbonyl (C=O) groups is 1. The molecular weight excluding hydrogens is 244 g/mol.